The summed E-state index contributed by atoms with van der Waals surface area (Å²) < 4.78 is 5.28. The molecule has 1 N–H and O–H groups in total. The maximum Gasteiger partial charge on any atom is 0.232 e. The average Bonchev–Trinajstić information content (AvgIpc) is 2.67. The van der Waals surface area contributed by atoms with E-state index in [0.29, 0.717) is 6.04 Å². The van der Waals surface area contributed by atoms with E-state index >= 15 is 0 Å². The van der Waals surface area contributed by atoms with E-state index < -0.39 is 0 Å². The van der Waals surface area contributed by atoms with Gasteiger partial charge in [0.25, 0.3) is 0 Å². The molecule has 4 nitrogen and oxygen atoms in total. The minimum atomic E-state index is -0.0556. The number of hydrogen-bond acceptors (Lipinski definition) is 4. The van der Waals surface area contributed by atoms with Gasteiger partial charge in [0.05, 0.1) is 6.04 Å². The largest absolute Gasteiger partial charge is 0.339 e. The normalized spacial score (nSPS) is 21.6. The molecule has 1 aromatic heterocycles. The third-order valence-corrected chi connectivity index (χ3v) is 2.71. The Labute approximate surface area is 103 Å². The zero-order chi connectivity index (χ0) is 10.9. The number of halogens is 1. The second kappa shape index (κ2) is 5.15. The molecule has 1 saturated heterocycles. The maximum absolute atomic E-state index is 5.28. The Balaban J connectivity index is 0.00000128. The van der Waals surface area contributed by atoms with Gasteiger partial charge in [0.2, 0.25) is 5.89 Å². The number of hydrogen-bond donors (Lipinski definition) is 1. The molecule has 2 rings (SSSR count). The van der Waals surface area contributed by atoms with Gasteiger partial charge in [-0.25, -0.2) is 0 Å². The van der Waals surface area contributed by atoms with Crippen LogP contribution in [0.15, 0.2) is 4.52 Å². The predicted octanol–water partition coefficient (Wildman–Crippen LogP) is 2.60. The van der Waals surface area contributed by atoms with Crippen molar-refractivity contribution in [2.24, 2.45) is 0 Å². The Kier molecular flexibility index (Phi) is 4.33. The van der Waals surface area contributed by atoms with Crippen LogP contribution in [-0.2, 0) is 5.41 Å². The average molecular weight is 246 g/mol. The van der Waals surface area contributed by atoms with Gasteiger partial charge in [-0.2, -0.15) is 4.98 Å². The zero-order valence-corrected chi connectivity index (χ0v) is 10.9. The van der Waals surface area contributed by atoms with Crippen molar-refractivity contribution in [3.8, 4) is 0 Å². The van der Waals surface area contributed by atoms with Crippen LogP contribution in [0.4, 0.5) is 0 Å². The molecule has 1 aromatic rings. The Morgan fingerprint density at radius 1 is 1.31 bits per heavy atom. The fourth-order valence-corrected chi connectivity index (χ4v) is 1.75. The van der Waals surface area contributed by atoms with Crippen LogP contribution in [0.5, 0.6) is 0 Å². The van der Waals surface area contributed by atoms with Gasteiger partial charge in [0, 0.05) is 5.41 Å². The topological polar surface area (TPSA) is 51.0 Å². The lowest BCUT2D eigenvalue weighted by atomic mass is 9.97. The summed E-state index contributed by atoms with van der Waals surface area (Å²) in [5, 5.41) is 7.47. The summed E-state index contributed by atoms with van der Waals surface area (Å²) in [6, 6.07) is 0.290. The molecule has 0 amide bonds. The summed E-state index contributed by atoms with van der Waals surface area (Å²) >= 11 is 0. The van der Waals surface area contributed by atoms with Gasteiger partial charge in [0.1, 0.15) is 0 Å². The highest BCUT2D eigenvalue weighted by atomic mass is 35.5. The number of rotatable bonds is 1. The molecular formula is C11H20ClN3O. The molecule has 0 aliphatic carbocycles. The van der Waals surface area contributed by atoms with Gasteiger partial charge >= 0.3 is 0 Å². The SMILES string of the molecule is CC(C)(C)c1nc(C2CCCCN2)no1.Cl. The molecule has 0 saturated carbocycles. The Morgan fingerprint density at radius 3 is 2.56 bits per heavy atom. The van der Waals surface area contributed by atoms with Crippen molar-refractivity contribution in [3.05, 3.63) is 11.7 Å². The van der Waals surface area contributed by atoms with Gasteiger partial charge < -0.3 is 9.84 Å². The highest BCUT2D eigenvalue weighted by Crippen LogP contribution is 2.24. The standard InChI is InChI=1S/C11H19N3O.ClH/c1-11(2,3)10-13-9(14-15-10)8-6-4-5-7-12-8;/h8,12H,4-7H2,1-3H3;1H. The van der Waals surface area contributed by atoms with E-state index in [9.17, 15) is 0 Å². The zero-order valence-electron chi connectivity index (χ0n) is 10.1. The highest BCUT2D eigenvalue weighted by molar-refractivity contribution is 5.85. The lowest BCUT2D eigenvalue weighted by molar-refractivity contribution is 0.311. The van der Waals surface area contributed by atoms with Gasteiger partial charge in [-0.15, -0.1) is 12.4 Å². The van der Waals surface area contributed by atoms with Gasteiger partial charge in [-0.1, -0.05) is 32.3 Å². The van der Waals surface area contributed by atoms with Crippen molar-refractivity contribution < 1.29 is 4.52 Å². The van der Waals surface area contributed by atoms with E-state index in [1.807, 2.05) is 0 Å². The van der Waals surface area contributed by atoms with Crippen LogP contribution < -0.4 is 5.32 Å². The van der Waals surface area contributed by atoms with Crippen LogP contribution in [0.1, 0.15) is 57.8 Å². The van der Waals surface area contributed by atoms with Gasteiger partial charge in [-0.05, 0) is 19.4 Å². The van der Waals surface area contributed by atoms with Gasteiger partial charge in [-0.3, -0.25) is 0 Å². The number of nitrogens with zero attached hydrogens (tertiary/aromatic N) is 2. The fourth-order valence-electron chi connectivity index (χ4n) is 1.75. The predicted molar refractivity (Wildman–Crippen MR) is 64.8 cm³/mol. The smallest absolute Gasteiger partial charge is 0.232 e. The van der Waals surface area contributed by atoms with Crippen molar-refractivity contribution in [1.29, 1.82) is 0 Å². The van der Waals surface area contributed by atoms with E-state index in [1.165, 1.54) is 12.8 Å². The summed E-state index contributed by atoms with van der Waals surface area (Å²) in [4.78, 5) is 4.46. The summed E-state index contributed by atoms with van der Waals surface area (Å²) in [6.45, 7) is 7.31. The second-order valence-electron chi connectivity index (χ2n) is 5.21. The Hall–Kier alpha value is -0.610. The van der Waals surface area contributed by atoms with Crippen LogP contribution in [0.25, 0.3) is 0 Å². The van der Waals surface area contributed by atoms with E-state index in [2.05, 4.69) is 36.2 Å². The minimum absolute atomic E-state index is 0. The van der Waals surface area contributed by atoms with Crippen molar-refractivity contribution >= 4 is 12.4 Å². The Morgan fingerprint density at radius 2 is 2.06 bits per heavy atom. The quantitative estimate of drug-likeness (QED) is 0.826. The minimum Gasteiger partial charge on any atom is -0.339 e. The van der Waals surface area contributed by atoms with Crippen molar-refractivity contribution in [2.45, 2.75) is 51.5 Å². The molecule has 16 heavy (non-hydrogen) atoms. The molecule has 5 heteroatoms. The third kappa shape index (κ3) is 2.95. The molecule has 1 atom stereocenters. The lowest BCUT2D eigenvalue weighted by Crippen LogP contribution is -2.27. The Bertz CT molecular complexity index is 326. The van der Waals surface area contributed by atoms with Crippen molar-refractivity contribution in [1.82, 2.24) is 15.5 Å². The summed E-state index contributed by atoms with van der Waals surface area (Å²) in [6.07, 6.45) is 3.61. The number of aromatic nitrogens is 2. The molecular weight excluding hydrogens is 226 g/mol. The first-order valence-corrected chi connectivity index (χ1v) is 5.65. The van der Waals surface area contributed by atoms with E-state index in [4.69, 9.17) is 4.52 Å². The molecule has 0 spiro atoms. The number of piperidine rings is 1. The monoisotopic (exact) mass is 245 g/mol. The molecule has 1 fully saturated rings. The lowest BCUT2D eigenvalue weighted by Gasteiger charge is -2.20. The molecule has 0 radical (unpaired) electrons. The molecule has 1 aliphatic rings. The number of nitrogens with one attached hydrogen (secondary N) is 1. The molecule has 0 bridgehead atoms. The molecule has 0 aromatic carbocycles. The molecule has 1 aliphatic heterocycles. The summed E-state index contributed by atoms with van der Waals surface area (Å²) in [7, 11) is 0. The van der Waals surface area contributed by atoms with Crippen LogP contribution in [0, 0.1) is 0 Å². The van der Waals surface area contributed by atoms with Crippen LogP contribution in [0.2, 0.25) is 0 Å². The molecule has 1 unspecified atom stereocenters. The van der Waals surface area contributed by atoms with E-state index in [-0.39, 0.29) is 17.8 Å². The van der Waals surface area contributed by atoms with E-state index in [1.54, 1.807) is 0 Å². The van der Waals surface area contributed by atoms with Crippen LogP contribution in [-0.4, -0.2) is 16.7 Å². The third-order valence-electron chi connectivity index (χ3n) is 2.71. The van der Waals surface area contributed by atoms with Gasteiger partial charge in [0.15, 0.2) is 5.82 Å². The fraction of sp³-hybridized carbons (Fsp3) is 0.818. The first-order valence-electron chi connectivity index (χ1n) is 5.65. The van der Waals surface area contributed by atoms with Crippen molar-refractivity contribution in [2.75, 3.05) is 6.54 Å². The molecule has 92 valence electrons. The van der Waals surface area contributed by atoms with Crippen LogP contribution in [0.3, 0.4) is 0 Å². The van der Waals surface area contributed by atoms with Crippen LogP contribution >= 0.6 is 12.4 Å². The summed E-state index contributed by atoms with van der Waals surface area (Å²) in [5.41, 5.74) is -0.0556. The highest BCUT2D eigenvalue weighted by Gasteiger charge is 2.25. The maximum atomic E-state index is 5.28. The van der Waals surface area contributed by atoms with E-state index in [0.717, 1.165) is 24.7 Å². The molecule has 2 heterocycles. The first kappa shape index (κ1) is 13.5. The summed E-state index contributed by atoms with van der Waals surface area (Å²) in [5.74, 6) is 1.55. The second-order valence-corrected chi connectivity index (χ2v) is 5.21. The van der Waals surface area contributed by atoms with Crippen molar-refractivity contribution in [3.63, 3.8) is 0 Å². The first-order chi connectivity index (χ1) is 7.07.